The van der Waals surface area contributed by atoms with Crippen LogP contribution < -0.4 is 10.0 Å². The Kier molecular flexibility index (Phi) is 5.84. The molecule has 0 saturated heterocycles. The van der Waals surface area contributed by atoms with E-state index in [1.807, 2.05) is 60.7 Å². The first-order valence-corrected chi connectivity index (χ1v) is 11.4. The van der Waals surface area contributed by atoms with E-state index in [0.29, 0.717) is 5.69 Å². The Labute approximate surface area is 181 Å². The molecule has 0 aliphatic heterocycles. The number of hydrogen-bond donors (Lipinski definition) is 2. The van der Waals surface area contributed by atoms with E-state index in [2.05, 4.69) is 10.0 Å². The Hall–Kier alpha value is -3.48. The van der Waals surface area contributed by atoms with Crippen LogP contribution in [0.2, 0.25) is 0 Å². The maximum Gasteiger partial charge on any atom is 0.240 e. The molecule has 5 nitrogen and oxygen atoms in total. The second-order valence-corrected chi connectivity index (χ2v) is 9.02. The molecule has 6 heteroatoms. The smallest absolute Gasteiger partial charge is 0.240 e. The van der Waals surface area contributed by atoms with E-state index >= 15 is 0 Å². The van der Waals surface area contributed by atoms with Crippen molar-refractivity contribution in [2.75, 3.05) is 5.32 Å². The normalized spacial score (nSPS) is 11.4. The van der Waals surface area contributed by atoms with Crippen LogP contribution in [0.4, 0.5) is 5.69 Å². The maximum atomic E-state index is 12.8. The zero-order valence-corrected chi connectivity index (χ0v) is 17.8. The molecule has 2 N–H and O–H groups in total. The summed E-state index contributed by atoms with van der Waals surface area (Å²) in [7, 11) is -3.69. The van der Waals surface area contributed by atoms with Crippen LogP contribution in [0.25, 0.3) is 21.9 Å². The number of benzene rings is 4. The van der Waals surface area contributed by atoms with Gasteiger partial charge in [0.1, 0.15) is 0 Å². The number of nitrogens with one attached hydrogen (secondary N) is 2. The SMILES string of the molecule is CC(=O)Nc1cccc2cc(S(=O)(=O)NCc3ccc(-c4ccccc4)cc3)ccc12. The third-order valence-corrected chi connectivity index (χ3v) is 6.40. The van der Waals surface area contributed by atoms with Gasteiger partial charge in [0.2, 0.25) is 15.9 Å². The van der Waals surface area contributed by atoms with Gasteiger partial charge in [-0.25, -0.2) is 13.1 Å². The molecule has 0 saturated carbocycles. The third-order valence-electron chi connectivity index (χ3n) is 5.00. The monoisotopic (exact) mass is 430 g/mol. The van der Waals surface area contributed by atoms with Gasteiger partial charge in [-0.15, -0.1) is 0 Å². The van der Waals surface area contributed by atoms with Crippen molar-refractivity contribution < 1.29 is 13.2 Å². The van der Waals surface area contributed by atoms with Gasteiger partial charge in [-0.05, 0) is 40.3 Å². The summed E-state index contributed by atoms with van der Waals surface area (Å²) in [5.74, 6) is -0.177. The number of hydrogen-bond acceptors (Lipinski definition) is 3. The number of anilines is 1. The summed E-state index contributed by atoms with van der Waals surface area (Å²) in [6.45, 7) is 1.63. The van der Waals surface area contributed by atoms with E-state index in [4.69, 9.17) is 0 Å². The lowest BCUT2D eigenvalue weighted by atomic mass is 10.0. The Bertz CT molecular complexity index is 1330. The van der Waals surface area contributed by atoms with Crippen molar-refractivity contribution in [2.45, 2.75) is 18.4 Å². The van der Waals surface area contributed by atoms with Crippen LogP contribution >= 0.6 is 0 Å². The second-order valence-electron chi connectivity index (χ2n) is 7.26. The summed E-state index contributed by atoms with van der Waals surface area (Å²) >= 11 is 0. The Balaban J connectivity index is 1.51. The van der Waals surface area contributed by atoms with Crippen LogP contribution in [-0.4, -0.2) is 14.3 Å². The minimum absolute atomic E-state index is 0.177. The van der Waals surface area contributed by atoms with E-state index in [0.717, 1.165) is 27.5 Å². The number of rotatable bonds is 6. The largest absolute Gasteiger partial charge is 0.326 e. The van der Waals surface area contributed by atoms with Crippen molar-refractivity contribution in [1.29, 1.82) is 0 Å². The molecular weight excluding hydrogens is 408 g/mol. The van der Waals surface area contributed by atoms with E-state index in [-0.39, 0.29) is 17.3 Å². The zero-order chi connectivity index (χ0) is 21.8. The van der Waals surface area contributed by atoms with Crippen LogP contribution in [-0.2, 0) is 21.4 Å². The van der Waals surface area contributed by atoms with E-state index < -0.39 is 10.0 Å². The highest BCUT2D eigenvalue weighted by Gasteiger charge is 2.15. The predicted molar refractivity (Wildman–Crippen MR) is 124 cm³/mol. The highest BCUT2D eigenvalue weighted by atomic mass is 32.2. The van der Waals surface area contributed by atoms with Gasteiger partial charge in [0, 0.05) is 24.5 Å². The first kappa shape index (κ1) is 20.8. The molecule has 0 heterocycles. The molecule has 0 bridgehead atoms. The van der Waals surface area contributed by atoms with Crippen LogP contribution in [0.5, 0.6) is 0 Å². The van der Waals surface area contributed by atoms with E-state index in [1.165, 1.54) is 6.92 Å². The lowest BCUT2D eigenvalue weighted by Crippen LogP contribution is -2.23. The third kappa shape index (κ3) is 4.82. The summed E-state index contributed by atoms with van der Waals surface area (Å²) in [6.07, 6.45) is 0. The van der Waals surface area contributed by atoms with Crippen LogP contribution in [0.1, 0.15) is 12.5 Å². The quantitative estimate of drug-likeness (QED) is 0.455. The highest BCUT2D eigenvalue weighted by molar-refractivity contribution is 7.89. The lowest BCUT2D eigenvalue weighted by molar-refractivity contribution is -0.114. The fraction of sp³-hybridized carbons (Fsp3) is 0.0800. The average molecular weight is 431 g/mol. The van der Waals surface area contributed by atoms with Crippen LogP contribution in [0.3, 0.4) is 0 Å². The topological polar surface area (TPSA) is 75.3 Å². The molecule has 0 aliphatic rings. The molecule has 0 radical (unpaired) electrons. The van der Waals surface area contributed by atoms with Gasteiger partial charge in [-0.1, -0.05) is 72.8 Å². The van der Waals surface area contributed by atoms with Crippen LogP contribution in [0.15, 0.2) is 95.9 Å². The van der Waals surface area contributed by atoms with Gasteiger partial charge in [-0.2, -0.15) is 0 Å². The summed E-state index contributed by atoms with van der Waals surface area (Å²) in [5, 5.41) is 4.29. The van der Waals surface area contributed by atoms with Crippen molar-refractivity contribution >= 4 is 32.4 Å². The maximum absolute atomic E-state index is 12.8. The number of sulfonamides is 1. The number of carbonyl (C=O) groups excluding carboxylic acids is 1. The highest BCUT2D eigenvalue weighted by Crippen LogP contribution is 2.26. The van der Waals surface area contributed by atoms with Gasteiger partial charge >= 0.3 is 0 Å². The molecule has 0 fully saturated rings. The summed E-state index contributed by atoms with van der Waals surface area (Å²) in [4.78, 5) is 11.6. The molecule has 31 heavy (non-hydrogen) atoms. The molecule has 0 aliphatic carbocycles. The van der Waals surface area contributed by atoms with Crippen molar-refractivity contribution in [3.63, 3.8) is 0 Å². The number of fused-ring (bicyclic) bond motifs is 1. The molecule has 0 atom stereocenters. The molecule has 156 valence electrons. The van der Waals surface area contributed by atoms with Gasteiger partial charge in [-0.3, -0.25) is 4.79 Å². The van der Waals surface area contributed by atoms with Gasteiger partial charge in [0.25, 0.3) is 0 Å². The lowest BCUT2D eigenvalue weighted by Gasteiger charge is -2.11. The fourth-order valence-corrected chi connectivity index (χ4v) is 4.49. The zero-order valence-electron chi connectivity index (χ0n) is 17.0. The van der Waals surface area contributed by atoms with Crippen molar-refractivity contribution in [3.8, 4) is 11.1 Å². The average Bonchev–Trinajstić information content (AvgIpc) is 2.78. The Morgan fingerprint density at radius 2 is 1.52 bits per heavy atom. The molecule has 0 aromatic heterocycles. The van der Waals surface area contributed by atoms with E-state index in [1.54, 1.807) is 30.3 Å². The molecule has 4 rings (SSSR count). The fourth-order valence-electron chi connectivity index (χ4n) is 3.43. The van der Waals surface area contributed by atoms with E-state index in [9.17, 15) is 13.2 Å². The predicted octanol–water partition coefficient (Wildman–Crippen LogP) is 4.94. The summed E-state index contributed by atoms with van der Waals surface area (Å²) in [5.41, 5.74) is 3.72. The number of carbonyl (C=O) groups is 1. The summed E-state index contributed by atoms with van der Waals surface area (Å²) < 4.78 is 28.3. The van der Waals surface area contributed by atoms with Gasteiger partial charge in [0.15, 0.2) is 0 Å². The van der Waals surface area contributed by atoms with Crippen LogP contribution in [0, 0.1) is 0 Å². The number of amides is 1. The minimum Gasteiger partial charge on any atom is -0.326 e. The summed E-state index contributed by atoms with van der Waals surface area (Å²) in [6, 6.07) is 28.1. The second kappa shape index (κ2) is 8.71. The van der Waals surface area contributed by atoms with Crippen molar-refractivity contribution in [1.82, 2.24) is 4.72 Å². The minimum atomic E-state index is -3.69. The Morgan fingerprint density at radius 3 is 2.23 bits per heavy atom. The molecule has 0 unspecified atom stereocenters. The first-order valence-electron chi connectivity index (χ1n) is 9.87. The molecule has 0 spiro atoms. The molecule has 4 aromatic rings. The van der Waals surface area contributed by atoms with Crippen molar-refractivity contribution in [2.24, 2.45) is 0 Å². The van der Waals surface area contributed by atoms with Gasteiger partial charge < -0.3 is 5.32 Å². The van der Waals surface area contributed by atoms with Gasteiger partial charge in [0.05, 0.1) is 4.90 Å². The van der Waals surface area contributed by atoms with Crippen molar-refractivity contribution in [3.05, 3.63) is 96.6 Å². The molecule has 4 aromatic carbocycles. The Morgan fingerprint density at radius 1 is 0.806 bits per heavy atom. The molecule has 1 amide bonds. The molecular formula is C25H22N2O3S. The standard InChI is InChI=1S/C25H22N2O3S/c1-18(28)27-25-9-5-8-22-16-23(14-15-24(22)25)31(29,30)26-17-19-10-12-21(13-11-19)20-6-3-2-4-7-20/h2-16,26H,17H2,1H3,(H,27,28). The first-order chi connectivity index (χ1) is 14.9.